The molecule has 4 aliphatic carbocycles. The van der Waals surface area contributed by atoms with Gasteiger partial charge in [-0.2, -0.15) is 13.2 Å². The van der Waals surface area contributed by atoms with Gasteiger partial charge in [0.05, 0.1) is 43.5 Å². The molecule has 0 aromatic heterocycles. The van der Waals surface area contributed by atoms with Crippen LogP contribution < -0.4 is 16.0 Å². The predicted molar refractivity (Wildman–Crippen MR) is 392 cm³/mol. The van der Waals surface area contributed by atoms with Gasteiger partial charge < -0.3 is 69.5 Å². The number of ether oxygens (including phenoxy) is 2. The lowest BCUT2D eigenvalue weighted by atomic mass is 9.58. The number of fused-ring (bicyclic) bond motifs is 3. The van der Waals surface area contributed by atoms with Gasteiger partial charge in [0.15, 0.2) is 0 Å². The molecule has 0 aromatic rings. The molecule has 4 saturated carbocycles. The van der Waals surface area contributed by atoms with Gasteiger partial charge in [-0.25, -0.2) is 8.78 Å². The van der Waals surface area contributed by atoms with E-state index in [0.717, 1.165) is 24.5 Å². The minimum Gasteiger partial charge on any atom is -0.379 e. The van der Waals surface area contributed by atoms with Crippen LogP contribution in [-0.2, 0) is 67.0 Å². The Morgan fingerprint density at radius 3 is 1.91 bits per heavy atom. The molecule has 12 atom stereocenters. The monoisotopic (exact) mass is 1550 g/mol. The first kappa shape index (κ1) is 88.5. The first-order chi connectivity index (χ1) is 50.7. The molecule has 3 aliphatic heterocycles. The molecular weight excluding hydrogens is 1440 g/mol. The van der Waals surface area contributed by atoms with Crippen molar-refractivity contribution < 1.29 is 89.0 Å². The molecule has 1 spiro atoms. The second-order valence-corrected chi connectivity index (χ2v) is 33.1. The fourth-order valence-corrected chi connectivity index (χ4v) is 17.5. The zero-order valence-corrected chi connectivity index (χ0v) is 66.5. The average molecular weight is 1560 g/mol. The highest BCUT2D eigenvalue weighted by atomic mass is 35.5. The van der Waals surface area contributed by atoms with Gasteiger partial charge >= 0.3 is 6.18 Å². The zero-order chi connectivity index (χ0) is 80.2. The Kier molecular flexibility index (Phi) is 31.5. The standard InChI is InChI=1S/C76H120ClF5N12O14/c1-15-33-107-42-58-65(98)84-63(45(4)16-2)71(104)88(10)41-61(97)89(11)54-25-19-18-22-32-93(70(54)103)57(36-46-26-29-49(30-27-46)76(80,81)82)69(102)87(9)40-59(95)83-53(31-28-47-34-51(78)62(77)52(79)35-47)67(100)94-39-50(108-17-3)37-55(94)66(99)85-75(43-74(5,6)44-75)73(106)92(14)64(48-23-20-21-24-48)72(105)91(13)56(68(101)86(7)8)38-60(96)90(58)12/h18-19,45-58,62-64H,15-17,20-44H2,1-14H3,(H,83,95)(H,84,98)(H,85,99)/b19-18-/t45-,46?,47?,49?,50+,51?,52?,53-,54-,55-,56-,57-,58-,62?,63-,64-/m0/s1. The Labute approximate surface area is 638 Å². The normalized spacial score (nSPS) is 32.3. The number of nitrogens with one attached hydrogen (secondary N) is 3. The van der Waals surface area contributed by atoms with Gasteiger partial charge in [-0.05, 0) is 139 Å². The fraction of sp³-hybridized carbons (Fsp3) is 0.816. The molecule has 108 heavy (non-hydrogen) atoms. The number of likely N-dealkylation sites (N-methyl/N-ethyl adjacent to an activating group) is 7. The van der Waals surface area contributed by atoms with Crippen molar-refractivity contribution in [3.05, 3.63) is 12.2 Å². The number of rotatable bonds is 15. The van der Waals surface area contributed by atoms with E-state index in [4.69, 9.17) is 21.1 Å². The summed E-state index contributed by atoms with van der Waals surface area (Å²) in [5.74, 6) is -13.0. The van der Waals surface area contributed by atoms with Gasteiger partial charge in [0, 0.05) is 89.1 Å². The maximum atomic E-state index is 15.8. The Morgan fingerprint density at radius 2 is 1.32 bits per heavy atom. The first-order valence-electron chi connectivity index (χ1n) is 38.8. The summed E-state index contributed by atoms with van der Waals surface area (Å²) in [5, 5.41) is 7.21. The Morgan fingerprint density at radius 1 is 0.694 bits per heavy atom. The largest absolute Gasteiger partial charge is 0.391 e. The SMILES string of the molecule is CCCOC[C@H]1C(=O)N[C@@H]([C@@H](C)CC)C(=O)N(C)CC(=O)N(C)[C@H]2C/C=C\CCN(C2=O)[C@@H](CC2CCC(C(F)(F)F)CC2)C(=O)N(C)CC(=O)N[C@@H](CCC2CC(F)C(Cl)C(F)C2)C(=O)N2C[C@H](OCC)C[C@H]2C(=O)NC2(CC(C)(C)C2)C(=O)N(C)[C@@H](C2CCCC2)C(=O)N(C)[C@H](C(=O)N(C)C)CC(=O)N1C. The van der Waals surface area contributed by atoms with Gasteiger partial charge in [-0.15, -0.1) is 11.6 Å². The lowest BCUT2D eigenvalue weighted by molar-refractivity contribution is -0.184. The molecule has 7 aliphatic rings. The number of alkyl halides is 6. The molecule has 6 fully saturated rings. The molecule has 0 aromatic carbocycles. The van der Waals surface area contributed by atoms with Crippen LogP contribution in [0.3, 0.4) is 0 Å². The van der Waals surface area contributed by atoms with E-state index >= 15 is 37.5 Å². The lowest BCUT2D eigenvalue weighted by Crippen LogP contribution is -2.71. The van der Waals surface area contributed by atoms with Crippen LogP contribution in [0, 0.1) is 35.0 Å². The van der Waals surface area contributed by atoms with Crippen LogP contribution in [0.5, 0.6) is 0 Å². The Bertz CT molecular complexity index is 3210. The molecule has 3 heterocycles. The minimum atomic E-state index is -4.48. The van der Waals surface area contributed by atoms with E-state index in [1.165, 1.54) is 76.0 Å². The quantitative estimate of drug-likeness (QED) is 0.0757. The van der Waals surface area contributed by atoms with Crippen LogP contribution in [0.1, 0.15) is 176 Å². The minimum absolute atomic E-state index is 0.0251. The average Bonchev–Trinajstić information content (AvgIpc) is 0.793. The van der Waals surface area contributed by atoms with E-state index in [2.05, 4.69) is 16.0 Å². The van der Waals surface area contributed by atoms with Gasteiger partial charge in [0.2, 0.25) is 70.9 Å². The van der Waals surface area contributed by atoms with Crippen molar-refractivity contribution in [1.29, 1.82) is 0 Å². The third-order valence-corrected chi connectivity index (χ3v) is 24.3. The molecule has 0 radical (unpaired) electrons. The second-order valence-electron chi connectivity index (χ2n) is 32.6. The molecule has 32 heteroatoms. The first-order valence-corrected chi connectivity index (χ1v) is 39.3. The summed E-state index contributed by atoms with van der Waals surface area (Å²) in [7, 11) is 11.0. The summed E-state index contributed by atoms with van der Waals surface area (Å²) in [6.07, 6.45) is -3.74. The highest BCUT2D eigenvalue weighted by Gasteiger charge is 2.59. The third-order valence-electron chi connectivity index (χ3n) is 23.7. The molecular formula is C76H120ClF5N12O14. The maximum Gasteiger partial charge on any atom is 0.391 e. The van der Waals surface area contributed by atoms with Gasteiger partial charge in [0.25, 0.3) is 0 Å². The van der Waals surface area contributed by atoms with Crippen molar-refractivity contribution in [2.45, 2.75) is 260 Å². The number of carbonyl (C=O) groups is 12. The predicted octanol–water partition coefficient (Wildman–Crippen LogP) is 5.80. The second kappa shape index (κ2) is 38.4. The van der Waals surface area contributed by atoms with Crippen LogP contribution in [0.15, 0.2) is 12.2 Å². The summed E-state index contributed by atoms with van der Waals surface area (Å²) >= 11 is 6.11. The molecule has 3 N–H and O–H groups in total. The fourth-order valence-electron chi connectivity index (χ4n) is 17.3. The van der Waals surface area contributed by atoms with Gasteiger partial charge in [-0.3, -0.25) is 57.5 Å². The van der Waals surface area contributed by atoms with Gasteiger partial charge in [0.1, 0.15) is 66.2 Å². The highest BCUT2D eigenvalue weighted by molar-refractivity contribution is 6.21. The summed E-state index contributed by atoms with van der Waals surface area (Å²) < 4.78 is 85.1. The number of nitrogens with zero attached hydrogens (tertiary/aromatic N) is 9. The van der Waals surface area contributed by atoms with Crippen LogP contribution in [0.2, 0.25) is 0 Å². The highest BCUT2D eigenvalue weighted by Crippen LogP contribution is 2.50. The molecule has 7 rings (SSSR count). The summed E-state index contributed by atoms with van der Waals surface area (Å²) in [6.45, 7) is 9.04. The van der Waals surface area contributed by atoms with Crippen molar-refractivity contribution in [3.63, 3.8) is 0 Å². The lowest BCUT2D eigenvalue weighted by Gasteiger charge is -2.54. The smallest absolute Gasteiger partial charge is 0.379 e. The van der Waals surface area contributed by atoms with E-state index in [1.807, 2.05) is 20.8 Å². The van der Waals surface area contributed by atoms with Crippen molar-refractivity contribution in [2.75, 3.05) is 102 Å². The number of amides is 12. The van der Waals surface area contributed by atoms with E-state index in [-0.39, 0.29) is 123 Å². The molecule has 12 amide bonds. The number of hydrogen-bond acceptors (Lipinski definition) is 14. The van der Waals surface area contributed by atoms with Crippen molar-refractivity contribution in [3.8, 4) is 0 Å². The van der Waals surface area contributed by atoms with Crippen molar-refractivity contribution in [2.24, 2.45) is 35.0 Å². The van der Waals surface area contributed by atoms with Crippen molar-refractivity contribution >= 4 is 82.5 Å². The van der Waals surface area contributed by atoms with Crippen LogP contribution in [0.25, 0.3) is 0 Å². The molecule has 610 valence electrons. The van der Waals surface area contributed by atoms with Crippen LogP contribution in [0.4, 0.5) is 22.0 Å². The number of halogens is 6. The maximum absolute atomic E-state index is 15.8. The topological polar surface area (TPSA) is 289 Å². The molecule has 26 nitrogen and oxygen atoms in total. The molecule has 2 unspecified atom stereocenters. The van der Waals surface area contributed by atoms with Crippen LogP contribution >= 0.6 is 11.6 Å². The van der Waals surface area contributed by atoms with Gasteiger partial charge in [-0.1, -0.05) is 66.0 Å². The summed E-state index contributed by atoms with van der Waals surface area (Å²) in [5.41, 5.74) is -2.26. The third kappa shape index (κ3) is 21.7. The van der Waals surface area contributed by atoms with E-state index < -0.39 is 209 Å². The Hall–Kier alpha value is -6.76. The van der Waals surface area contributed by atoms with Crippen molar-refractivity contribution in [1.82, 2.24) is 60.0 Å². The molecule has 2 saturated heterocycles. The summed E-state index contributed by atoms with van der Waals surface area (Å²) in [4.78, 5) is 193. The number of hydrogen-bond donors (Lipinski definition) is 3. The number of carbonyl (C=O) groups excluding carboxylic acids is 12. The molecule has 2 bridgehead atoms. The summed E-state index contributed by atoms with van der Waals surface area (Å²) in [6, 6.07) is -11.2. The van der Waals surface area contributed by atoms with Crippen LogP contribution in [-0.4, -0.2) is 301 Å². The van der Waals surface area contributed by atoms with E-state index in [0.29, 0.717) is 38.5 Å². The Balaban J connectivity index is 1.34. The van der Waals surface area contributed by atoms with E-state index in [9.17, 15) is 41.9 Å². The van der Waals surface area contributed by atoms with E-state index in [1.54, 1.807) is 32.9 Å². The zero-order valence-electron chi connectivity index (χ0n) is 65.8.